The summed E-state index contributed by atoms with van der Waals surface area (Å²) in [6.45, 7) is 3.48. The zero-order valence-corrected chi connectivity index (χ0v) is 15.2. The summed E-state index contributed by atoms with van der Waals surface area (Å²) in [6.07, 6.45) is 0. The third-order valence-corrected chi connectivity index (χ3v) is 4.53. The van der Waals surface area contributed by atoms with E-state index in [1.54, 1.807) is 19.1 Å². The molecular weight excluding hydrogens is 340 g/mol. The molecule has 0 saturated heterocycles. The molecule has 27 heavy (non-hydrogen) atoms. The van der Waals surface area contributed by atoms with Crippen LogP contribution in [-0.4, -0.2) is 10.8 Å². The second-order valence-electron chi connectivity index (χ2n) is 6.41. The minimum absolute atomic E-state index is 0.0766. The van der Waals surface area contributed by atoms with Crippen molar-refractivity contribution in [1.82, 2.24) is 5.32 Å². The van der Waals surface area contributed by atoms with Crippen molar-refractivity contribution in [3.8, 4) is 11.1 Å². The number of aryl methyl sites for hydroxylation is 1. The molecular formula is C22H20N2O3. The monoisotopic (exact) mass is 360 g/mol. The van der Waals surface area contributed by atoms with Gasteiger partial charge in [0.1, 0.15) is 5.56 Å². The van der Waals surface area contributed by atoms with Gasteiger partial charge in [-0.15, -0.1) is 0 Å². The molecule has 3 aromatic carbocycles. The molecule has 3 rings (SSSR count). The molecule has 0 bridgehead atoms. The van der Waals surface area contributed by atoms with E-state index in [2.05, 4.69) is 5.32 Å². The van der Waals surface area contributed by atoms with Gasteiger partial charge in [0.15, 0.2) is 0 Å². The number of para-hydroxylation sites is 1. The van der Waals surface area contributed by atoms with Gasteiger partial charge in [-0.3, -0.25) is 14.9 Å². The summed E-state index contributed by atoms with van der Waals surface area (Å²) in [5.41, 5.74) is 3.53. The average molecular weight is 360 g/mol. The molecule has 5 nitrogen and oxygen atoms in total. The summed E-state index contributed by atoms with van der Waals surface area (Å²) in [7, 11) is 0. The van der Waals surface area contributed by atoms with Gasteiger partial charge >= 0.3 is 0 Å². The highest BCUT2D eigenvalue weighted by Gasteiger charge is 2.23. The molecule has 0 heterocycles. The van der Waals surface area contributed by atoms with E-state index < -0.39 is 10.8 Å². The normalized spacial score (nSPS) is 11.6. The average Bonchev–Trinajstić information content (AvgIpc) is 2.68. The fourth-order valence-electron chi connectivity index (χ4n) is 3.04. The molecule has 1 unspecified atom stereocenters. The Kier molecular flexibility index (Phi) is 5.31. The van der Waals surface area contributed by atoms with Gasteiger partial charge in [-0.1, -0.05) is 66.7 Å². The van der Waals surface area contributed by atoms with Gasteiger partial charge in [-0.25, -0.2) is 0 Å². The summed E-state index contributed by atoms with van der Waals surface area (Å²) >= 11 is 0. The quantitative estimate of drug-likeness (QED) is 0.510. The van der Waals surface area contributed by atoms with E-state index >= 15 is 0 Å². The van der Waals surface area contributed by atoms with Gasteiger partial charge < -0.3 is 5.32 Å². The summed E-state index contributed by atoms with van der Waals surface area (Å²) in [5.74, 6) is -0.454. The third kappa shape index (κ3) is 4.03. The van der Waals surface area contributed by atoms with Crippen LogP contribution >= 0.6 is 0 Å². The molecule has 1 atom stereocenters. The predicted octanol–water partition coefficient (Wildman–Crippen LogP) is 5.06. The Labute approximate surface area is 157 Å². The van der Waals surface area contributed by atoms with Crippen LogP contribution in [0.3, 0.4) is 0 Å². The molecule has 0 saturated carbocycles. The molecule has 5 heteroatoms. The first-order chi connectivity index (χ1) is 13.0. The number of amides is 1. The van der Waals surface area contributed by atoms with E-state index in [1.807, 2.05) is 61.5 Å². The molecule has 0 aliphatic heterocycles. The van der Waals surface area contributed by atoms with E-state index in [9.17, 15) is 14.9 Å². The molecule has 136 valence electrons. The van der Waals surface area contributed by atoms with E-state index in [1.165, 1.54) is 6.07 Å². The van der Waals surface area contributed by atoms with Crippen LogP contribution in [0.25, 0.3) is 11.1 Å². The molecule has 3 aromatic rings. The Morgan fingerprint density at radius 1 is 0.926 bits per heavy atom. The van der Waals surface area contributed by atoms with Crippen LogP contribution in [0.2, 0.25) is 0 Å². The number of hydrogen-bond acceptors (Lipinski definition) is 3. The molecule has 0 aromatic heterocycles. The highest BCUT2D eigenvalue weighted by Crippen LogP contribution is 2.25. The van der Waals surface area contributed by atoms with Gasteiger partial charge in [-0.2, -0.15) is 0 Å². The molecule has 1 N–H and O–H groups in total. The molecule has 0 spiro atoms. The number of nitrogens with zero attached hydrogens (tertiary/aromatic N) is 1. The maximum atomic E-state index is 12.6. The number of hydrogen-bond donors (Lipinski definition) is 1. The van der Waals surface area contributed by atoms with Gasteiger partial charge in [0, 0.05) is 5.56 Å². The molecule has 0 fully saturated rings. The lowest BCUT2D eigenvalue weighted by atomic mass is 10.0. The number of nitro groups is 1. The number of nitrogens with one attached hydrogen (secondary N) is 1. The Bertz CT molecular complexity index is 967. The maximum absolute atomic E-state index is 12.6. The van der Waals surface area contributed by atoms with Gasteiger partial charge in [0.05, 0.1) is 11.0 Å². The summed E-state index contributed by atoms with van der Waals surface area (Å²) < 4.78 is 0. The van der Waals surface area contributed by atoms with Crippen molar-refractivity contribution in [2.75, 3.05) is 0 Å². The van der Waals surface area contributed by atoms with Crippen LogP contribution in [0.5, 0.6) is 0 Å². The largest absolute Gasteiger partial charge is 0.345 e. The standard InChI is InChI=1S/C22H20N2O3/c1-15-7-6-10-20(21(15)24(26)27)22(25)23-16(2)17-11-13-19(14-12-17)18-8-4-3-5-9-18/h3-14,16H,1-2H3,(H,23,25). The van der Waals surface area contributed by atoms with E-state index in [-0.39, 0.29) is 17.3 Å². The smallest absolute Gasteiger partial charge is 0.285 e. The van der Waals surface area contributed by atoms with Crippen molar-refractivity contribution in [3.05, 3.63) is 99.6 Å². The molecule has 1 amide bonds. The third-order valence-electron chi connectivity index (χ3n) is 4.53. The van der Waals surface area contributed by atoms with Crippen LogP contribution in [0.15, 0.2) is 72.8 Å². The van der Waals surface area contributed by atoms with Crippen molar-refractivity contribution >= 4 is 11.6 Å². The summed E-state index contributed by atoms with van der Waals surface area (Å²) in [4.78, 5) is 23.4. The highest BCUT2D eigenvalue weighted by molar-refractivity contribution is 5.98. The minimum Gasteiger partial charge on any atom is -0.345 e. The lowest BCUT2D eigenvalue weighted by Crippen LogP contribution is -2.27. The van der Waals surface area contributed by atoms with Crippen molar-refractivity contribution in [3.63, 3.8) is 0 Å². The second kappa shape index (κ2) is 7.83. The first kappa shape index (κ1) is 18.3. The lowest BCUT2D eigenvalue weighted by molar-refractivity contribution is -0.385. The maximum Gasteiger partial charge on any atom is 0.285 e. The van der Waals surface area contributed by atoms with Crippen molar-refractivity contribution in [2.24, 2.45) is 0 Å². The van der Waals surface area contributed by atoms with E-state index in [0.717, 1.165) is 16.7 Å². The van der Waals surface area contributed by atoms with Crippen LogP contribution < -0.4 is 5.32 Å². The van der Waals surface area contributed by atoms with Gasteiger partial charge in [-0.05, 0) is 36.6 Å². The fraction of sp³-hybridized carbons (Fsp3) is 0.136. The first-order valence-electron chi connectivity index (χ1n) is 8.67. The SMILES string of the molecule is Cc1cccc(C(=O)NC(C)c2ccc(-c3ccccc3)cc2)c1[N+](=O)[O-]. The zero-order valence-electron chi connectivity index (χ0n) is 15.2. The Morgan fingerprint density at radius 3 is 2.19 bits per heavy atom. The zero-order chi connectivity index (χ0) is 19.4. The van der Waals surface area contributed by atoms with Crippen LogP contribution in [0, 0.1) is 17.0 Å². The topological polar surface area (TPSA) is 72.2 Å². The first-order valence-corrected chi connectivity index (χ1v) is 8.67. The fourth-order valence-corrected chi connectivity index (χ4v) is 3.04. The minimum atomic E-state index is -0.510. The van der Waals surface area contributed by atoms with Crippen molar-refractivity contribution < 1.29 is 9.72 Å². The molecule has 0 aliphatic carbocycles. The van der Waals surface area contributed by atoms with Crippen molar-refractivity contribution in [2.45, 2.75) is 19.9 Å². The van der Waals surface area contributed by atoms with Gasteiger partial charge in [0.25, 0.3) is 11.6 Å². The Morgan fingerprint density at radius 2 is 1.56 bits per heavy atom. The van der Waals surface area contributed by atoms with Gasteiger partial charge in [0.2, 0.25) is 0 Å². The molecule has 0 aliphatic rings. The van der Waals surface area contributed by atoms with Crippen molar-refractivity contribution in [1.29, 1.82) is 0 Å². The highest BCUT2D eigenvalue weighted by atomic mass is 16.6. The number of carbonyl (C=O) groups excluding carboxylic acids is 1. The number of carbonyl (C=O) groups is 1. The van der Waals surface area contributed by atoms with E-state index in [0.29, 0.717) is 5.56 Å². The van der Waals surface area contributed by atoms with Crippen LogP contribution in [-0.2, 0) is 0 Å². The van der Waals surface area contributed by atoms with E-state index in [4.69, 9.17) is 0 Å². The molecule has 0 radical (unpaired) electrons. The Hall–Kier alpha value is -3.47. The summed E-state index contributed by atoms with van der Waals surface area (Å²) in [5, 5.41) is 14.2. The number of nitro benzene ring substituents is 1. The number of benzene rings is 3. The second-order valence-corrected chi connectivity index (χ2v) is 6.41. The number of rotatable bonds is 5. The van der Waals surface area contributed by atoms with Crippen LogP contribution in [0.1, 0.15) is 34.5 Å². The lowest BCUT2D eigenvalue weighted by Gasteiger charge is -2.15. The summed E-state index contributed by atoms with van der Waals surface area (Å²) in [6, 6.07) is 22.4. The van der Waals surface area contributed by atoms with Crippen LogP contribution in [0.4, 0.5) is 5.69 Å². The predicted molar refractivity (Wildman–Crippen MR) is 106 cm³/mol. The Balaban J connectivity index is 1.78.